The maximum atomic E-state index is 11.0. The van der Waals surface area contributed by atoms with Crippen molar-refractivity contribution in [3.8, 4) is 0 Å². The lowest BCUT2D eigenvalue weighted by Crippen LogP contribution is -2.22. The normalized spacial score (nSPS) is 23.1. The molecule has 0 radical (unpaired) electrons. The molecule has 0 N–H and O–H groups in total. The molecule has 5 heteroatoms. The third-order valence-electron chi connectivity index (χ3n) is 3.95. The average Bonchev–Trinajstić information content (AvgIpc) is 2.47. The van der Waals surface area contributed by atoms with Crippen LogP contribution in [0.3, 0.4) is 0 Å². The summed E-state index contributed by atoms with van der Waals surface area (Å²) in [6, 6.07) is 10.2. The largest absolute Gasteiger partial charge is 0.376 e. The van der Waals surface area contributed by atoms with E-state index in [0.29, 0.717) is 25.0 Å². The van der Waals surface area contributed by atoms with Crippen LogP contribution in [0.5, 0.6) is 0 Å². The zero-order valence-electron chi connectivity index (χ0n) is 12.5. The second-order valence-corrected chi connectivity index (χ2v) is 7.52. The summed E-state index contributed by atoms with van der Waals surface area (Å²) in [5.41, 5.74) is 1.20. The minimum Gasteiger partial charge on any atom is -0.376 e. The fraction of sp³-hybridized carbons (Fsp3) is 0.625. The molecule has 21 heavy (non-hydrogen) atoms. The fourth-order valence-electron chi connectivity index (χ4n) is 2.70. The Labute approximate surface area is 127 Å². The molecule has 4 nitrogen and oxygen atoms in total. The van der Waals surface area contributed by atoms with Crippen molar-refractivity contribution in [3.05, 3.63) is 35.9 Å². The highest BCUT2D eigenvalue weighted by atomic mass is 32.2. The molecule has 1 aromatic rings. The molecular weight excluding hydrogens is 288 g/mol. The van der Waals surface area contributed by atoms with Gasteiger partial charge in [0.05, 0.1) is 19.5 Å². The summed E-state index contributed by atoms with van der Waals surface area (Å²) < 4.78 is 32.6. The molecule has 1 aliphatic carbocycles. The van der Waals surface area contributed by atoms with Gasteiger partial charge in [0.25, 0.3) is 10.1 Å². The van der Waals surface area contributed by atoms with Crippen LogP contribution in [0.25, 0.3) is 0 Å². The lowest BCUT2D eigenvalue weighted by molar-refractivity contribution is 0.0623. The molecule has 0 atom stereocenters. The number of hydrogen-bond acceptors (Lipinski definition) is 4. The van der Waals surface area contributed by atoms with Gasteiger partial charge in [-0.25, -0.2) is 0 Å². The van der Waals surface area contributed by atoms with Gasteiger partial charge in [0, 0.05) is 6.61 Å². The third-order valence-corrected chi connectivity index (χ3v) is 4.51. The molecular formula is C16H24O4S. The highest BCUT2D eigenvalue weighted by molar-refractivity contribution is 7.85. The van der Waals surface area contributed by atoms with E-state index in [-0.39, 0.29) is 0 Å². The summed E-state index contributed by atoms with van der Waals surface area (Å²) in [4.78, 5) is 0. The zero-order chi connectivity index (χ0) is 15.1. The molecule has 0 unspecified atom stereocenters. The van der Waals surface area contributed by atoms with Crippen LogP contribution in [-0.2, 0) is 25.6 Å². The van der Waals surface area contributed by atoms with Crippen molar-refractivity contribution in [2.75, 3.05) is 19.5 Å². The molecule has 0 aliphatic heterocycles. The first-order chi connectivity index (χ1) is 10.0. The molecule has 1 fully saturated rings. The van der Waals surface area contributed by atoms with Crippen molar-refractivity contribution in [2.45, 2.75) is 32.3 Å². The van der Waals surface area contributed by atoms with Crippen molar-refractivity contribution in [2.24, 2.45) is 11.8 Å². The topological polar surface area (TPSA) is 52.6 Å². The molecule has 1 saturated carbocycles. The van der Waals surface area contributed by atoms with E-state index < -0.39 is 10.1 Å². The van der Waals surface area contributed by atoms with Gasteiger partial charge in [-0.15, -0.1) is 0 Å². The van der Waals surface area contributed by atoms with Crippen molar-refractivity contribution in [1.29, 1.82) is 0 Å². The first-order valence-electron chi connectivity index (χ1n) is 7.49. The maximum Gasteiger partial charge on any atom is 0.264 e. The predicted octanol–water partition coefficient (Wildman–Crippen LogP) is 2.99. The van der Waals surface area contributed by atoms with Gasteiger partial charge in [0.15, 0.2) is 0 Å². The number of benzene rings is 1. The highest BCUT2D eigenvalue weighted by Crippen LogP contribution is 2.29. The summed E-state index contributed by atoms with van der Waals surface area (Å²) in [6.45, 7) is 1.78. The second kappa shape index (κ2) is 7.92. The predicted molar refractivity (Wildman–Crippen MR) is 82.3 cm³/mol. The van der Waals surface area contributed by atoms with Gasteiger partial charge in [-0.3, -0.25) is 4.18 Å². The minimum absolute atomic E-state index is 0.330. The molecule has 1 aromatic carbocycles. The SMILES string of the molecule is CS(=O)(=O)OCC1CCC(COCc2ccccc2)CC1. The zero-order valence-corrected chi connectivity index (χ0v) is 13.3. The molecule has 0 bridgehead atoms. The van der Waals surface area contributed by atoms with Crippen LogP contribution in [0, 0.1) is 11.8 Å². The van der Waals surface area contributed by atoms with Crippen LogP contribution in [0.4, 0.5) is 0 Å². The Bertz CT molecular complexity index is 504. The molecule has 118 valence electrons. The van der Waals surface area contributed by atoms with E-state index in [1.54, 1.807) is 0 Å². The van der Waals surface area contributed by atoms with Gasteiger partial charge in [-0.05, 0) is 43.1 Å². The highest BCUT2D eigenvalue weighted by Gasteiger charge is 2.22. The lowest BCUT2D eigenvalue weighted by Gasteiger charge is -2.27. The van der Waals surface area contributed by atoms with Gasteiger partial charge in [0.2, 0.25) is 0 Å². The van der Waals surface area contributed by atoms with Gasteiger partial charge in [-0.2, -0.15) is 8.42 Å². The Morgan fingerprint density at radius 2 is 1.57 bits per heavy atom. The monoisotopic (exact) mass is 312 g/mol. The molecule has 1 aliphatic rings. The fourth-order valence-corrected chi connectivity index (χ4v) is 3.14. The Morgan fingerprint density at radius 1 is 1.00 bits per heavy atom. The first kappa shape index (κ1) is 16.5. The molecule has 0 spiro atoms. The van der Waals surface area contributed by atoms with E-state index in [1.807, 2.05) is 18.2 Å². The van der Waals surface area contributed by atoms with E-state index in [0.717, 1.165) is 38.5 Å². The van der Waals surface area contributed by atoms with E-state index in [2.05, 4.69) is 12.1 Å². The van der Waals surface area contributed by atoms with Crippen LogP contribution in [-0.4, -0.2) is 27.9 Å². The van der Waals surface area contributed by atoms with E-state index >= 15 is 0 Å². The molecule has 2 rings (SSSR count). The molecule has 0 amide bonds. The average molecular weight is 312 g/mol. The summed E-state index contributed by atoms with van der Waals surface area (Å²) >= 11 is 0. The van der Waals surface area contributed by atoms with Gasteiger partial charge >= 0.3 is 0 Å². The lowest BCUT2D eigenvalue weighted by atomic mass is 9.83. The van der Waals surface area contributed by atoms with Crippen LogP contribution >= 0.6 is 0 Å². The Kier molecular flexibility index (Phi) is 6.21. The number of rotatable bonds is 7. The Morgan fingerprint density at radius 3 is 2.14 bits per heavy atom. The standard InChI is InChI=1S/C16H24O4S/c1-21(17,18)20-13-16-9-7-15(8-10-16)12-19-11-14-5-3-2-4-6-14/h2-6,15-16H,7-13H2,1H3. The van der Waals surface area contributed by atoms with Crippen LogP contribution in [0.1, 0.15) is 31.2 Å². The van der Waals surface area contributed by atoms with E-state index in [4.69, 9.17) is 8.92 Å². The number of hydrogen-bond donors (Lipinski definition) is 0. The van der Waals surface area contributed by atoms with Gasteiger partial charge in [-0.1, -0.05) is 30.3 Å². The quantitative estimate of drug-likeness (QED) is 0.726. The van der Waals surface area contributed by atoms with Crippen molar-refractivity contribution >= 4 is 10.1 Å². The maximum absolute atomic E-state index is 11.0. The molecule has 0 aromatic heterocycles. The van der Waals surface area contributed by atoms with Crippen molar-refractivity contribution in [1.82, 2.24) is 0 Å². The second-order valence-electron chi connectivity index (χ2n) is 5.88. The molecule has 0 heterocycles. The first-order valence-corrected chi connectivity index (χ1v) is 9.30. The van der Waals surface area contributed by atoms with E-state index in [1.165, 1.54) is 5.56 Å². The van der Waals surface area contributed by atoms with Crippen LogP contribution in [0.2, 0.25) is 0 Å². The summed E-state index contributed by atoms with van der Waals surface area (Å²) in [7, 11) is -3.31. The Balaban J connectivity index is 1.61. The third kappa shape index (κ3) is 6.59. The van der Waals surface area contributed by atoms with Gasteiger partial charge in [0.1, 0.15) is 0 Å². The Hall–Kier alpha value is -0.910. The molecule has 0 saturated heterocycles. The van der Waals surface area contributed by atoms with Crippen molar-refractivity contribution < 1.29 is 17.3 Å². The van der Waals surface area contributed by atoms with Crippen LogP contribution < -0.4 is 0 Å². The van der Waals surface area contributed by atoms with Crippen molar-refractivity contribution in [3.63, 3.8) is 0 Å². The van der Waals surface area contributed by atoms with E-state index in [9.17, 15) is 8.42 Å². The number of ether oxygens (including phenoxy) is 1. The minimum atomic E-state index is -3.31. The van der Waals surface area contributed by atoms with Gasteiger partial charge < -0.3 is 4.74 Å². The van der Waals surface area contributed by atoms with Crippen LogP contribution in [0.15, 0.2) is 30.3 Å². The summed E-state index contributed by atoms with van der Waals surface area (Å²) in [5.74, 6) is 0.952. The summed E-state index contributed by atoms with van der Waals surface area (Å²) in [5, 5.41) is 0. The smallest absolute Gasteiger partial charge is 0.264 e. The summed E-state index contributed by atoms with van der Waals surface area (Å²) in [6.07, 6.45) is 5.33.